The van der Waals surface area contributed by atoms with Gasteiger partial charge in [0.15, 0.2) is 5.16 Å². The van der Waals surface area contributed by atoms with E-state index < -0.39 is 0 Å². The van der Waals surface area contributed by atoms with Gasteiger partial charge in [-0.2, -0.15) is 0 Å². The monoisotopic (exact) mass is 276 g/mol. The molecule has 2 rings (SSSR count). The van der Waals surface area contributed by atoms with E-state index in [0.717, 1.165) is 30.1 Å². The van der Waals surface area contributed by atoms with Crippen molar-refractivity contribution in [2.75, 3.05) is 0 Å². The minimum atomic E-state index is 0.0854. The van der Waals surface area contributed by atoms with Crippen molar-refractivity contribution >= 4 is 22.7 Å². The Morgan fingerprint density at radius 3 is 2.74 bits per heavy atom. The van der Waals surface area contributed by atoms with E-state index in [2.05, 4.69) is 25.8 Å². The third-order valence-corrected chi connectivity index (χ3v) is 3.90. The Hall–Kier alpha value is -1.29. The van der Waals surface area contributed by atoms with Crippen LogP contribution in [-0.2, 0) is 6.54 Å². The minimum Gasteiger partial charge on any atom is -0.287 e. The van der Waals surface area contributed by atoms with Gasteiger partial charge in [0.2, 0.25) is 0 Å². The summed E-state index contributed by atoms with van der Waals surface area (Å²) in [7, 11) is 0. The zero-order valence-electron chi connectivity index (χ0n) is 11.7. The maximum atomic E-state index is 12.5. The van der Waals surface area contributed by atoms with Crippen molar-refractivity contribution in [1.29, 1.82) is 0 Å². The number of thioether (sulfide) groups is 1. The SMILES string of the molecule is CCCCn1c(SC(C)C)nc2ccccc2c1=O. The number of benzene rings is 1. The Kier molecular flexibility index (Phi) is 4.64. The van der Waals surface area contributed by atoms with Crippen LogP contribution in [0.2, 0.25) is 0 Å². The summed E-state index contributed by atoms with van der Waals surface area (Å²) in [5, 5.41) is 1.97. The van der Waals surface area contributed by atoms with Gasteiger partial charge >= 0.3 is 0 Å². The van der Waals surface area contributed by atoms with Crippen molar-refractivity contribution in [2.45, 2.75) is 50.6 Å². The number of fused-ring (bicyclic) bond motifs is 1. The Labute approximate surface area is 118 Å². The fourth-order valence-corrected chi connectivity index (χ4v) is 2.84. The third-order valence-electron chi connectivity index (χ3n) is 2.90. The predicted octanol–water partition coefficient (Wildman–Crippen LogP) is 3.70. The molecule has 0 aliphatic carbocycles. The van der Waals surface area contributed by atoms with Crippen LogP contribution in [0, 0.1) is 0 Å². The Morgan fingerprint density at radius 2 is 2.05 bits per heavy atom. The quantitative estimate of drug-likeness (QED) is 0.617. The van der Waals surface area contributed by atoms with Gasteiger partial charge in [0, 0.05) is 11.8 Å². The molecule has 0 fully saturated rings. The summed E-state index contributed by atoms with van der Waals surface area (Å²) in [5.74, 6) is 0. The number of unbranched alkanes of at least 4 members (excludes halogenated alkanes) is 1. The van der Waals surface area contributed by atoms with Gasteiger partial charge in [-0.3, -0.25) is 9.36 Å². The molecule has 0 bridgehead atoms. The van der Waals surface area contributed by atoms with E-state index >= 15 is 0 Å². The largest absolute Gasteiger partial charge is 0.287 e. The molecule has 0 saturated heterocycles. The summed E-state index contributed by atoms with van der Waals surface area (Å²) < 4.78 is 1.83. The molecule has 4 heteroatoms. The van der Waals surface area contributed by atoms with E-state index in [9.17, 15) is 4.79 Å². The molecule has 0 radical (unpaired) electrons. The van der Waals surface area contributed by atoms with Crippen LogP contribution in [0.4, 0.5) is 0 Å². The molecule has 1 aromatic carbocycles. The molecule has 0 aliphatic rings. The van der Waals surface area contributed by atoms with Crippen molar-refractivity contribution in [3.63, 3.8) is 0 Å². The van der Waals surface area contributed by atoms with Gasteiger partial charge in [0.05, 0.1) is 10.9 Å². The Balaban J connectivity index is 2.58. The lowest BCUT2D eigenvalue weighted by atomic mass is 10.2. The maximum absolute atomic E-state index is 12.5. The molecule has 1 aromatic heterocycles. The number of para-hydroxylation sites is 1. The zero-order valence-corrected chi connectivity index (χ0v) is 12.5. The second-order valence-electron chi connectivity index (χ2n) is 4.89. The van der Waals surface area contributed by atoms with Crippen LogP contribution >= 0.6 is 11.8 Å². The normalized spacial score (nSPS) is 11.4. The molecule has 0 saturated carbocycles. The molecular formula is C15H20N2OS. The van der Waals surface area contributed by atoms with Crippen molar-refractivity contribution in [1.82, 2.24) is 9.55 Å². The second kappa shape index (κ2) is 6.24. The second-order valence-corrected chi connectivity index (χ2v) is 6.43. The summed E-state index contributed by atoms with van der Waals surface area (Å²) in [6.07, 6.45) is 2.08. The molecule has 0 unspecified atom stereocenters. The topological polar surface area (TPSA) is 34.9 Å². The van der Waals surface area contributed by atoms with Gasteiger partial charge in [-0.25, -0.2) is 4.98 Å². The van der Waals surface area contributed by atoms with Gasteiger partial charge < -0.3 is 0 Å². The molecule has 0 N–H and O–H groups in total. The highest BCUT2D eigenvalue weighted by Gasteiger charge is 2.12. The molecule has 0 atom stereocenters. The van der Waals surface area contributed by atoms with E-state index in [1.165, 1.54) is 0 Å². The van der Waals surface area contributed by atoms with Crippen molar-refractivity contribution < 1.29 is 0 Å². The first-order valence-corrected chi connectivity index (χ1v) is 7.67. The standard InChI is InChI=1S/C15H20N2OS/c1-4-5-10-17-14(18)12-8-6-7-9-13(12)16-15(17)19-11(2)3/h6-9,11H,4-5,10H2,1-3H3. The van der Waals surface area contributed by atoms with Gasteiger partial charge in [-0.15, -0.1) is 0 Å². The van der Waals surface area contributed by atoms with Crippen molar-refractivity contribution in [3.8, 4) is 0 Å². The smallest absolute Gasteiger partial charge is 0.262 e. The van der Waals surface area contributed by atoms with Crippen LogP contribution in [0.15, 0.2) is 34.2 Å². The molecule has 2 aromatic rings. The number of aromatic nitrogens is 2. The van der Waals surface area contributed by atoms with E-state index in [1.54, 1.807) is 11.8 Å². The lowest BCUT2D eigenvalue weighted by Gasteiger charge is -2.14. The number of rotatable bonds is 5. The van der Waals surface area contributed by atoms with E-state index in [1.807, 2.05) is 28.8 Å². The summed E-state index contributed by atoms with van der Waals surface area (Å²) in [4.78, 5) is 17.2. The number of hydrogen-bond donors (Lipinski definition) is 0. The summed E-state index contributed by atoms with van der Waals surface area (Å²) in [5.41, 5.74) is 0.880. The molecule has 102 valence electrons. The number of hydrogen-bond acceptors (Lipinski definition) is 3. The minimum absolute atomic E-state index is 0.0854. The average Bonchev–Trinajstić information content (AvgIpc) is 2.38. The van der Waals surface area contributed by atoms with E-state index in [-0.39, 0.29) is 5.56 Å². The van der Waals surface area contributed by atoms with Crippen LogP contribution in [0.5, 0.6) is 0 Å². The number of nitrogens with zero attached hydrogens (tertiary/aromatic N) is 2. The van der Waals surface area contributed by atoms with Crippen molar-refractivity contribution in [2.24, 2.45) is 0 Å². The van der Waals surface area contributed by atoms with E-state index in [4.69, 9.17) is 0 Å². The van der Waals surface area contributed by atoms with Gasteiger partial charge in [-0.1, -0.05) is 51.1 Å². The van der Waals surface area contributed by atoms with Crippen LogP contribution in [0.1, 0.15) is 33.6 Å². The maximum Gasteiger partial charge on any atom is 0.262 e. The first kappa shape index (κ1) is 14.1. The first-order chi connectivity index (χ1) is 9.13. The zero-order chi connectivity index (χ0) is 13.8. The third kappa shape index (κ3) is 3.18. The molecule has 1 heterocycles. The van der Waals surface area contributed by atoms with Crippen LogP contribution in [0.3, 0.4) is 0 Å². The lowest BCUT2D eigenvalue weighted by Crippen LogP contribution is -2.23. The summed E-state index contributed by atoms with van der Waals surface area (Å²) in [6, 6.07) is 7.59. The fourth-order valence-electron chi connectivity index (χ4n) is 1.96. The van der Waals surface area contributed by atoms with Gasteiger partial charge in [0.25, 0.3) is 5.56 Å². The van der Waals surface area contributed by atoms with Gasteiger partial charge in [-0.05, 0) is 18.6 Å². The lowest BCUT2D eigenvalue weighted by molar-refractivity contribution is 0.557. The average molecular weight is 276 g/mol. The van der Waals surface area contributed by atoms with Crippen LogP contribution < -0.4 is 5.56 Å². The fraction of sp³-hybridized carbons (Fsp3) is 0.467. The highest BCUT2D eigenvalue weighted by Crippen LogP contribution is 2.22. The summed E-state index contributed by atoms with van der Waals surface area (Å²) in [6.45, 7) is 7.13. The highest BCUT2D eigenvalue weighted by molar-refractivity contribution is 7.99. The molecular weight excluding hydrogens is 256 g/mol. The Bertz CT molecular complexity index is 619. The first-order valence-electron chi connectivity index (χ1n) is 6.79. The Morgan fingerprint density at radius 1 is 1.32 bits per heavy atom. The molecule has 0 aliphatic heterocycles. The van der Waals surface area contributed by atoms with Gasteiger partial charge in [0.1, 0.15) is 0 Å². The molecule has 0 spiro atoms. The van der Waals surface area contributed by atoms with Crippen LogP contribution in [0.25, 0.3) is 10.9 Å². The molecule has 19 heavy (non-hydrogen) atoms. The molecule has 0 amide bonds. The predicted molar refractivity (Wildman–Crippen MR) is 81.9 cm³/mol. The highest BCUT2D eigenvalue weighted by atomic mass is 32.2. The van der Waals surface area contributed by atoms with E-state index in [0.29, 0.717) is 10.6 Å². The van der Waals surface area contributed by atoms with Crippen molar-refractivity contribution in [3.05, 3.63) is 34.6 Å². The summed E-state index contributed by atoms with van der Waals surface area (Å²) >= 11 is 1.66. The van der Waals surface area contributed by atoms with Crippen LogP contribution in [-0.4, -0.2) is 14.8 Å². The molecule has 3 nitrogen and oxygen atoms in total.